The van der Waals surface area contributed by atoms with Crippen LogP contribution >= 0.6 is 34.9 Å². The summed E-state index contributed by atoms with van der Waals surface area (Å²) >= 11 is 3.73. The quantitative estimate of drug-likeness (QED) is 0.149. The molecule has 0 spiro atoms. The Morgan fingerprint density at radius 1 is 1.16 bits per heavy atom. The van der Waals surface area contributed by atoms with E-state index in [4.69, 9.17) is 5.73 Å². The topological polar surface area (TPSA) is 158 Å². The molecule has 1 fully saturated rings. The normalized spacial score (nSPS) is 19.3. The number of oxime groups is 1. The van der Waals surface area contributed by atoms with Crippen molar-refractivity contribution in [3.8, 4) is 11.1 Å². The zero-order chi connectivity index (χ0) is 26.1. The van der Waals surface area contributed by atoms with Crippen LogP contribution in [0.15, 0.2) is 80.6 Å². The second-order valence-corrected chi connectivity index (χ2v) is 11.1. The van der Waals surface area contributed by atoms with Gasteiger partial charge in [-0.3, -0.25) is 14.5 Å². The predicted molar refractivity (Wildman–Crippen MR) is 142 cm³/mol. The van der Waals surface area contributed by atoms with E-state index < -0.39 is 29.2 Å². The van der Waals surface area contributed by atoms with Crippen LogP contribution in [0.4, 0.5) is 5.13 Å². The number of β-lactam (4-membered cyclic amide) rings is 1. The highest BCUT2D eigenvalue weighted by Crippen LogP contribution is 2.46. The molecular weight excluding hydrogens is 534 g/mol. The van der Waals surface area contributed by atoms with Crippen LogP contribution in [-0.4, -0.2) is 60.9 Å². The number of hydrogen-bond donors (Lipinski definition) is 4. The summed E-state index contributed by atoms with van der Waals surface area (Å²) in [5.74, 6) is -2.27. The van der Waals surface area contributed by atoms with Gasteiger partial charge in [0.1, 0.15) is 22.8 Å². The molecule has 3 heterocycles. The summed E-state index contributed by atoms with van der Waals surface area (Å²) in [5.41, 5.74) is 7.12. The maximum atomic E-state index is 13.0. The number of aromatic nitrogens is 1. The fourth-order valence-corrected chi connectivity index (χ4v) is 7.20. The molecule has 2 aliphatic heterocycles. The lowest BCUT2D eigenvalue weighted by molar-refractivity contribution is -0.150. The van der Waals surface area contributed by atoms with Crippen molar-refractivity contribution in [2.75, 3.05) is 11.5 Å². The van der Waals surface area contributed by atoms with Crippen LogP contribution in [0, 0.1) is 0 Å². The van der Waals surface area contributed by atoms with Crippen molar-refractivity contribution < 1.29 is 24.7 Å². The molecule has 37 heavy (non-hydrogen) atoms. The Bertz CT molecular complexity index is 1460. The molecule has 0 saturated carbocycles. The number of aliphatic carboxylic acids is 1. The van der Waals surface area contributed by atoms with Crippen molar-refractivity contribution in [1.29, 1.82) is 0 Å². The van der Waals surface area contributed by atoms with Crippen LogP contribution in [-0.2, 0) is 14.4 Å². The van der Waals surface area contributed by atoms with Gasteiger partial charge in [-0.05, 0) is 17.2 Å². The molecule has 0 radical (unpaired) electrons. The smallest absolute Gasteiger partial charge is 0.353 e. The lowest BCUT2D eigenvalue weighted by atomic mass is 10.0. The Morgan fingerprint density at radius 2 is 1.89 bits per heavy atom. The number of anilines is 1. The van der Waals surface area contributed by atoms with E-state index in [1.807, 2.05) is 54.6 Å². The molecule has 2 atom stereocenters. The molecule has 188 valence electrons. The molecule has 10 nitrogen and oxygen atoms in total. The first-order valence-corrected chi connectivity index (χ1v) is 13.6. The van der Waals surface area contributed by atoms with Gasteiger partial charge in [-0.2, -0.15) is 0 Å². The molecule has 2 amide bonds. The number of benzene rings is 2. The van der Waals surface area contributed by atoms with E-state index in [1.54, 1.807) is 0 Å². The standard InChI is InChI=1S/C24H19N5O5S3/c25-24-26-14(10-36-24)17(28-34)20(30)27-18-21(31)29-19(23(32)33)16(11-35-22(18)29)37-15-9-5-4-8-13(15)12-6-2-1-3-7-12/h1-10,18,22,34H,11H2,(H2,25,26)(H,27,30)(H,32,33)/b28-17-/t18-,22+/m1/s1. The second-order valence-electron chi connectivity index (χ2n) is 7.92. The molecule has 1 aromatic heterocycles. The molecule has 0 unspecified atom stereocenters. The van der Waals surface area contributed by atoms with Crippen molar-refractivity contribution in [3.63, 3.8) is 0 Å². The van der Waals surface area contributed by atoms with Crippen LogP contribution in [0.2, 0.25) is 0 Å². The second kappa shape index (κ2) is 10.3. The predicted octanol–water partition coefficient (Wildman–Crippen LogP) is 3.06. The Hall–Kier alpha value is -3.81. The van der Waals surface area contributed by atoms with E-state index in [2.05, 4.69) is 15.5 Å². The van der Waals surface area contributed by atoms with Gasteiger partial charge in [0.25, 0.3) is 11.8 Å². The molecule has 13 heteroatoms. The van der Waals surface area contributed by atoms with E-state index in [0.717, 1.165) is 27.4 Å². The van der Waals surface area contributed by atoms with Gasteiger partial charge < -0.3 is 21.4 Å². The summed E-state index contributed by atoms with van der Waals surface area (Å²) in [6.45, 7) is 0. The highest BCUT2D eigenvalue weighted by Gasteiger charge is 2.54. The fourth-order valence-electron chi connectivity index (χ4n) is 4.03. The van der Waals surface area contributed by atoms with Crippen LogP contribution in [0.3, 0.4) is 0 Å². The Morgan fingerprint density at radius 3 is 2.57 bits per heavy atom. The molecule has 2 aromatic carbocycles. The lowest BCUT2D eigenvalue weighted by Crippen LogP contribution is -2.71. The average Bonchev–Trinajstić information content (AvgIpc) is 3.33. The zero-order valence-corrected chi connectivity index (χ0v) is 21.3. The number of hydrogen-bond acceptors (Lipinski definition) is 10. The maximum absolute atomic E-state index is 13.0. The Labute approximate surface area is 223 Å². The third-order valence-corrected chi connectivity index (χ3v) is 9.00. The molecule has 2 aliphatic rings. The number of carbonyl (C=O) groups is 3. The molecule has 3 aromatic rings. The molecule has 5 N–H and O–H groups in total. The highest BCUT2D eigenvalue weighted by molar-refractivity contribution is 8.06. The number of nitrogens with two attached hydrogens (primary N) is 1. The number of carboxylic acid groups (broad SMARTS) is 1. The fraction of sp³-hybridized carbons (Fsp3) is 0.125. The molecule has 0 bridgehead atoms. The van der Waals surface area contributed by atoms with Crippen molar-refractivity contribution >= 4 is 63.5 Å². The number of thiazole rings is 1. The summed E-state index contributed by atoms with van der Waals surface area (Å²) in [7, 11) is 0. The van der Waals surface area contributed by atoms with Gasteiger partial charge in [0.15, 0.2) is 10.8 Å². The monoisotopic (exact) mass is 553 g/mol. The number of nitrogens with one attached hydrogen (secondary N) is 1. The number of nitrogens with zero attached hydrogens (tertiary/aromatic N) is 3. The minimum absolute atomic E-state index is 0.0734. The van der Waals surface area contributed by atoms with Gasteiger partial charge in [0.05, 0.1) is 0 Å². The third kappa shape index (κ3) is 4.68. The van der Waals surface area contributed by atoms with Crippen LogP contribution in [0.5, 0.6) is 0 Å². The minimum atomic E-state index is -1.22. The Balaban J connectivity index is 1.38. The van der Waals surface area contributed by atoms with Gasteiger partial charge in [0.2, 0.25) is 0 Å². The largest absolute Gasteiger partial charge is 0.477 e. The van der Waals surface area contributed by atoms with E-state index >= 15 is 0 Å². The first kappa shape index (κ1) is 24.9. The number of fused-ring (bicyclic) bond motifs is 1. The third-order valence-electron chi connectivity index (χ3n) is 5.71. The molecule has 1 saturated heterocycles. The van der Waals surface area contributed by atoms with Crippen molar-refractivity contribution in [1.82, 2.24) is 15.2 Å². The van der Waals surface area contributed by atoms with Crippen LogP contribution < -0.4 is 11.1 Å². The Kier molecular flexibility index (Phi) is 6.91. The average molecular weight is 554 g/mol. The number of carbonyl (C=O) groups excluding carboxylic acids is 2. The van der Waals surface area contributed by atoms with Crippen LogP contribution in [0.1, 0.15) is 5.69 Å². The van der Waals surface area contributed by atoms with Gasteiger partial charge in [-0.15, -0.1) is 23.1 Å². The summed E-state index contributed by atoms with van der Waals surface area (Å²) in [4.78, 5) is 44.6. The summed E-state index contributed by atoms with van der Waals surface area (Å²) in [6.07, 6.45) is 0. The lowest BCUT2D eigenvalue weighted by Gasteiger charge is -2.49. The minimum Gasteiger partial charge on any atom is -0.477 e. The van der Waals surface area contributed by atoms with Crippen molar-refractivity contribution in [3.05, 3.63) is 76.3 Å². The van der Waals surface area contributed by atoms with E-state index in [9.17, 15) is 24.7 Å². The number of amides is 2. The van der Waals surface area contributed by atoms with Gasteiger partial charge in [0, 0.05) is 20.9 Å². The first-order valence-electron chi connectivity index (χ1n) is 10.9. The van der Waals surface area contributed by atoms with Crippen molar-refractivity contribution in [2.45, 2.75) is 16.3 Å². The van der Waals surface area contributed by atoms with Crippen molar-refractivity contribution in [2.24, 2.45) is 5.16 Å². The first-order chi connectivity index (χ1) is 17.9. The summed E-state index contributed by atoms with van der Waals surface area (Å²) in [5, 5.41) is 25.9. The highest BCUT2D eigenvalue weighted by atomic mass is 32.2. The number of rotatable bonds is 7. The number of nitrogen functional groups attached to an aromatic ring is 1. The summed E-state index contributed by atoms with van der Waals surface area (Å²) in [6, 6.07) is 16.4. The molecular formula is C24H19N5O5S3. The number of thioether (sulfide) groups is 2. The van der Waals surface area contributed by atoms with Gasteiger partial charge in [-0.25, -0.2) is 9.78 Å². The van der Waals surface area contributed by atoms with Gasteiger partial charge in [-0.1, -0.05) is 65.4 Å². The molecule has 0 aliphatic carbocycles. The SMILES string of the molecule is Nc1nc(/C(=N/O)C(=O)N[C@@H]2C(=O)N3C(C(=O)O)=C(Sc4ccccc4-c4ccccc4)CS[C@@H]23)cs1. The van der Waals surface area contributed by atoms with Gasteiger partial charge >= 0.3 is 5.97 Å². The summed E-state index contributed by atoms with van der Waals surface area (Å²) < 4.78 is 0. The van der Waals surface area contributed by atoms with E-state index in [0.29, 0.717) is 10.7 Å². The van der Waals surface area contributed by atoms with Crippen LogP contribution in [0.25, 0.3) is 11.1 Å². The zero-order valence-electron chi connectivity index (χ0n) is 18.9. The van der Waals surface area contributed by atoms with E-state index in [-0.39, 0.29) is 22.2 Å². The number of carboxylic acids is 1. The van der Waals surface area contributed by atoms with E-state index in [1.165, 1.54) is 33.8 Å². The molecule has 5 rings (SSSR count). The maximum Gasteiger partial charge on any atom is 0.353 e.